The fraction of sp³-hybridized carbons (Fsp3) is 0.417. The Hall–Kier alpha value is -1.13. The minimum absolute atomic E-state index is 0.153. The van der Waals surface area contributed by atoms with Crippen molar-refractivity contribution >= 4 is 34.4 Å². The summed E-state index contributed by atoms with van der Waals surface area (Å²) in [4.78, 5) is 12.2. The maximum absolute atomic E-state index is 5.96. The third-order valence-corrected chi connectivity index (χ3v) is 3.00. The van der Waals surface area contributed by atoms with Gasteiger partial charge in [0.2, 0.25) is 5.28 Å². The molecule has 0 N–H and O–H groups in total. The van der Waals surface area contributed by atoms with Gasteiger partial charge in [-0.1, -0.05) is 30.7 Å². The van der Waals surface area contributed by atoms with Crippen molar-refractivity contribution in [3.63, 3.8) is 0 Å². The second-order valence-corrected chi connectivity index (χ2v) is 4.61. The number of rotatable bonds is 5. The zero-order chi connectivity index (χ0) is 13.0. The van der Waals surface area contributed by atoms with Gasteiger partial charge < -0.3 is 4.57 Å². The van der Waals surface area contributed by atoms with Gasteiger partial charge in [-0.3, -0.25) is 0 Å². The van der Waals surface area contributed by atoms with Crippen LogP contribution in [0, 0.1) is 0 Å². The molecule has 0 radical (unpaired) electrons. The van der Waals surface area contributed by atoms with Crippen LogP contribution >= 0.6 is 23.2 Å². The lowest BCUT2D eigenvalue weighted by Crippen LogP contribution is -1.98. The van der Waals surface area contributed by atoms with Crippen molar-refractivity contribution in [1.29, 1.82) is 0 Å². The van der Waals surface area contributed by atoms with Gasteiger partial charge in [-0.05, 0) is 30.9 Å². The average Bonchev–Trinajstić information content (AvgIpc) is 2.72. The highest BCUT2D eigenvalue weighted by Gasteiger charge is 2.10. The van der Waals surface area contributed by atoms with Crippen molar-refractivity contribution in [3.05, 3.63) is 28.9 Å². The summed E-state index contributed by atoms with van der Waals surface area (Å²) in [6, 6.07) is 0. The highest BCUT2D eigenvalue weighted by atomic mass is 35.5. The van der Waals surface area contributed by atoms with Crippen LogP contribution in [-0.2, 0) is 6.54 Å². The van der Waals surface area contributed by atoms with E-state index in [1.807, 2.05) is 4.57 Å². The number of imidazole rings is 1. The first-order valence-electron chi connectivity index (χ1n) is 5.91. The highest BCUT2D eigenvalue weighted by molar-refractivity contribution is 6.35. The lowest BCUT2D eigenvalue weighted by atomic mass is 10.2. The number of fused-ring (bicyclic) bond motifs is 1. The average molecular weight is 285 g/mol. The molecule has 2 aromatic heterocycles. The Bertz CT molecular complexity index is 562. The molecule has 0 saturated heterocycles. The molecule has 0 aliphatic heterocycles. The summed E-state index contributed by atoms with van der Waals surface area (Å²) >= 11 is 11.8. The number of unbranched alkanes of at least 4 members (excludes halogenated alkanes) is 1. The van der Waals surface area contributed by atoms with Crippen molar-refractivity contribution in [2.45, 2.75) is 32.7 Å². The number of halogens is 2. The molecule has 0 bridgehead atoms. The molecular formula is C12H14Cl2N4. The van der Waals surface area contributed by atoms with Gasteiger partial charge in [0, 0.05) is 6.54 Å². The van der Waals surface area contributed by atoms with Crippen LogP contribution in [0.5, 0.6) is 0 Å². The molecule has 96 valence electrons. The van der Waals surface area contributed by atoms with E-state index in [9.17, 15) is 0 Å². The first-order valence-corrected chi connectivity index (χ1v) is 6.67. The van der Waals surface area contributed by atoms with Crippen LogP contribution in [-0.4, -0.2) is 19.5 Å². The predicted octanol–water partition coefficient (Wildman–Crippen LogP) is 3.88. The first-order chi connectivity index (χ1) is 8.72. The second-order valence-electron chi connectivity index (χ2n) is 3.92. The fourth-order valence-electron chi connectivity index (χ4n) is 1.71. The van der Waals surface area contributed by atoms with Gasteiger partial charge >= 0.3 is 0 Å². The van der Waals surface area contributed by atoms with Crippen molar-refractivity contribution in [2.75, 3.05) is 0 Å². The smallest absolute Gasteiger partial charge is 0.225 e. The van der Waals surface area contributed by atoms with E-state index < -0.39 is 0 Å². The van der Waals surface area contributed by atoms with E-state index in [4.69, 9.17) is 23.2 Å². The normalized spacial score (nSPS) is 11.7. The van der Waals surface area contributed by atoms with E-state index in [-0.39, 0.29) is 5.28 Å². The fourth-order valence-corrected chi connectivity index (χ4v) is 2.13. The van der Waals surface area contributed by atoms with E-state index in [2.05, 4.69) is 34.0 Å². The molecule has 2 heterocycles. The van der Waals surface area contributed by atoms with Gasteiger partial charge in [-0.2, -0.15) is 4.98 Å². The topological polar surface area (TPSA) is 43.6 Å². The van der Waals surface area contributed by atoms with Gasteiger partial charge in [-0.25, -0.2) is 9.97 Å². The third kappa shape index (κ3) is 3.00. The zero-order valence-corrected chi connectivity index (χ0v) is 11.6. The van der Waals surface area contributed by atoms with Gasteiger partial charge in [0.15, 0.2) is 10.8 Å². The summed E-state index contributed by atoms with van der Waals surface area (Å²) in [7, 11) is 0. The number of aromatic nitrogens is 4. The Labute approximate surface area is 116 Å². The summed E-state index contributed by atoms with van der Waals surface area (Å²) in [5, 5.41) is 0.453. The van der Waals surface area contributed by atoms with E-state index in [1.165, 1.54) is 0 Å². The maximum atomic E-state index is 5.96. The van der Waals surface area contributed by atoms with Gasteiger partial charge in [0.25, 0.3) is 0 Å². The molecule has 0 atom stereocenters. The summed E-state index contributed by atoms with van der Waals surface area (Å²) in [6.07, 6.45) is 9.23. The number of hydrogen-bond donors (Lipinski definition) is 0. The largest absolute Gasteiger partial charge is 0.315 e. The molecule has 2 rings (SSSR count). The molecule has 2 aromatic rings. The Balaban J connectivity index is 2.12. The van der Waals surface area contributed by atoms with E-state index in [0.717, 1.165) is 25.8 Å². The predicted molar refractivity (Wildman–Crippen MR) is 74.0 cm³/mol. The van der Waals surface area contributed by atoms with E-state index in [1.54, 1.807) is 6.33 Å². The summed E-state index contributed by atoms with van der Waals surface area (Å²) in [5.74, 6) is 0. The summed E-state index contributed by atoms with van der Waals surface area (Å²) < 4.78 is 1.95. The zero-order valence-electron chi connectivity index (χ0n) is 10.1. The lowest BCUT2D eigenvalue weighted by Gasteiger charge is -2.02. The molecule has 0 unspecified atom stereocenters. The Kier molecular flexibility index (Phi) is 4.55. The monoisotopic (exact) mass is 284 g/mol. The SMILES string of the molecule is CC/C=C/CCCn1cnc2c(Cl)nc(Cl)nc21. The highest BCUT2D eigenvalue weighted by Crippen LogP contribution is 2.20. The Morgan fingerprint density at radius 3 is 2.89 bits per heavy atom. The molecule has 4 nitrogen and oxygen atoms in total. The van der Waals surface area contributed by atoms with Crippen molar-refractivity contribution < 1.29 is 0 Å². The number of nitrogens with zero attached hydrogens (tertiary/aromatic N) is 4. The maximum Gasteiger partial charge on any atom is 0.225 e. The Morgan fingerprint density at radius 2 is 2.11 bits per heavy atom. The van der Waals surface area contributed by atoms with Gasteiger partial charge in [0.1, 0.15) is 5.52 Å². The minimum Gasteiger partial charge on any atom is -0.315 e. The summed E-state index contributed by atoms with van der Waals surface area (Å²) in [6.45, 7) is 2.97. The molecule has 0 amide bonds. The molecule has 0 fully saturated rings. The molecule has 6 heteroatoms. The van der Waals surface area contributed by atoms with Crippen LogP contribution in [0.3, 0.4) is 0 Å². The van der Waals surface area contributed by atoms with Crippen molar-refractivity contribution in [2.24, 2.45) is 0 Å². The standard InChI is InChI=1S/C12H14Cl2N4/c1-2-3-4-5-6-7-18-8-15-9-10(13)16-12(14)17-11(9)18/h3-4,8H,2,5-7H2,1H3/b4-3+. The van der Waals surface area contributed by atoms with Crippen LogP contribution in [0.15, 0.2) is 18.5 Å². The molecule has 0 saturated carbocycles. The first kappa shape index (κ1) is 13.3. The Morgan fingerprint density at radius 1 is 1.28 bits per heavy atom. The third-order valence-electron chi connectivity index (χ3n) is 2.57. The molecule has 0 aliphatic carbocycles. The quantitative estimate of drug-likeness (QED) is 0.362. The second kappa shape index (κ2) is 6.16. The summed E-state index contributed by atoms with van der Waals surface area (Å²) in [5.41, 5.74) is 1.30. The van der Waals surface area contributed by atoms with Crippen LogP contribution in [0.4, 0.5) is 0 Å². The van der Waals surface area contributed by atoms with Gasteiger partial charge in [0.05, 0.1) is 6.33 Å². The molecule has 0 spiro atoms. The van der Waals surface area contributed by atoms with Crippen molar-refractivity contribution in [3.8, 4) is 0 Å². The number of allylic oxidation sites excluding steroid dienone is 2. The molecular weight excluding hydrogens is 271 g/mol. The van der Waals surface area contributed by atoms with Crippen LogP contribution in [0.1, 0.15) is 26.2 Å². The van der Waals surface area contributed by atoms with Gasteiger partial charge in [-0.15, -0.1) is 0 Å². The minimum atomic E-state index is 0.153. The molecule has 0 aliphatic rings. The number of aryl methyl sites for hydroxylation is 1. The van der Waals surface area contributed by atoms with Crippen LogP contribution < -0.4 is 0 Å². The number of hydrogen-bond acceptors (Lipinski definition) is 3. The van der Waals surface area contributed by atoms with Crippen LogP contribution in [0.25, 0.3) is 11.2 Å². The van der Waals surface area contributed by atoms with E-state index in [0.29, 0.717) is 16.3 Å². The van der Waals surface area contributed by atoms with Crippen LogP contribution in [0.2, 0.25) is 10.4 Å². The van der Waals surface area contributed by atoms with Crippen molar-refractivity contribution in [1.82, 2.24) is 19.5 Å². The van der Waals surface area contributed by atoms with E-state index >= 15 is 0 Å². The molecule has 18 heavy (non-hydrogen) atoms. The molecule has 0 aromatic carbocycles. The lowest BCUT2D eigenvalue weighted by molar-refractivity contribution is 0.660.